The quantitative estimate of drug-likeness (QED) is 0.748. The zero-order valence-corrected chi connectivity index (χ0v) is 11.5. The van der Waals surface area contributed by atoms with Gasteiger partial charge in [0.05, 0.1) is 6.26 Å². The molecular weight excluding hydrogens is 274 g/mol. The van der Waals surface area contributed by atoms with Crippen LogP contribution in [-0.2, 0) is 0 Å². The normalized spacial score (nSPS) is 10.7. The number of furan rings is 1. The van der Waals surface area contributed by atoms with Gasteiger partial charge in [0, 0.05) is 17.5 Å². The second-order valence-electron chi connectivity index (χ2n) is 4.22. The number of aryl methyl sites for hydroxylation is 1. The molecule has 0 aliphatic heterocycles. The third-order valence-electron chi connectivity index (χ3n) is 2.78. The van der Waals surface area contributed by atoms with Gasteiger partial charge < -0.3 is 10.2 Å². The molecule has 20 heavy (non-hydrogen) atoms. The maximum atomic E-state index is 12.5. The van der Waals surface area contributed by atoms with E-state index in [0.29, 0.717) is 27.0 Å². The van der Waals surface area contributed by atoms with Crippen molar-refractivity contribution in [3.05, 3.63) is 52.9 Å². The summed E-state index contributed by atoms with van der Waals surface area (Å²) in [5.41, 5.74) is 7.56. The average Bonchev–Trinajstić information content (AvgIpc) is 3.07. The van der Waals surface area contributed by atoms with Crippen LogP contribution in [0.1, 0.15) is 20.9 Å². The van der Waals surface area contributed by atoms with E-state index in [1.54, 1.807) is 30.5 Å². The van der Waals surface area contributed by atoms with Crippen LogP contribution in [0.15, 0.2) is 41.1 Å². The molecule has 0 fully saturated rings. The lowest BCUT2D eigenvalue weighted by Crippen LogP contribution is -2.01. The van der Waals surface area contributed by atoms with Crippen molar-refractivity contribution >= 4 is 22.3 Å². The summed E-state index contributed by atoms with van der Waals surface area (Å²) in [4.78, 5) is 21.3. The van der Waals surface area contributed by atoms with Crippen LogP contribution in [0.5, 0.6) is 0 Å². The number of anilines is 1. The van der Waals surface area contributed by atoms with Gasteiger partial charge in [-0.15, -0.1) is 0 Å². The van der Waals surface area contributed by atoms with Crippen molar-refractivity contribution in [2.75, 3.05) is 5.73 Å². The fourth-order valence-corrected chi connectivity index (χ4v) is 2.60. The van der Waals surface area contributed by atoms with E-state index < -0.39 is 0 Å². The third-order valence-corrected chi connectivity index (χ3v) is 3.66. The number of nitrogens with zero attached hydrogens (tertiary/aromatic N) is 2. The molecular formula is C14H11N3O2S. The zero-order valence-electron chi connectivity index (χ0n) is 10.7. The standard InChI is InChI=1S/C14H11N3O2S/c1-8-4-5-9(7-16-8)12(18)13-11(17-14(15)20-13)10-3-2-6-19-10/h2-7H,1H3,(H2,15,17). The van der Waals surface area contributed by atoms with E-state index in [0.717, 1.165) is 17.0 Å². The van der Waals surface area contributed by atoms with Crippen LogP contribution in [0, 0.1) is 6.92 Å². The lowest BCUT2D eigenvalue weighted by molar-refractivity contribution is 0.104. The zero-order chi connectivity index (χ0) is 14.1. The summed E-state index contributed by atoms with van der Waals surface area (Å²) in [6, 6.07) is 7.03. The van der Waals surface area contributed by atoms with Gasteiger partial charge in [-0.2, -0.15) is 0 Å². The van der Waals surface area contributed by atoms with Gasteiger partial charge in [-0.1, -0.05) is 11.3 Å². The Kier molecular flexibility index (Phi) is 3.08. The van der Waals surface area contributed by atoms with Crippen LogP contribution < -0.4 is 5.73 Å². The first-order valence-corrected chi connectivity index (χ1v) is 6.74. The number of nitrogen functional groups attached to an aromatic ring is 1. The van der Waals surface area contributed by atoms with E-state index in [4.69, 9.17) is 10.2 Å². The predicted molar refractivity (Wildman–Crippen MR) is 76.6 cm³/mol. The van der Waals surface area contributed by atoms with Crippen molar-refractivity contribution < 1.29 is 9.21 Å². The van der Waals surface area contributed by atoms with E-state index in [9.17, 15) is 4.79 Å². The first-order valence-electron chi connectivity index (χ1n) is 5.92. The highest BCUT2D eigenvalue weighted by atomic mass is 32.1. The van der Waals surface area contributed by atoms with Crippen molar-refractivity contribution in [1.29, 1.82) is 0 Å². The number of nitrogens with two attached hydrogens (primary N) is 1. The van der Waals surface area contributed by atoms with E-state index in [2.05, 4.69) is 9.97 Å². The molecule has 0 unspecified atom stereocenters. The molecule has 3 aromatic rings. The number of hydrogen-bond acceptors (Lipinski definition) is 6. The first kappa shape index (κ1) is 12.6. The van der Waals surface area contributed by atoms with E-state index >= 15 is 0 Å². The summed E-state index contributed by atoms with van der Waals surface area (Å²) in [6.07, 6.45) is 3.09. The highest BCUT2D eigenvalue weighted by Crippen LogP contribution is 2.31. The van der Waals surface area contributed by atoms with Crippen LogP contribution in [0.4, 0.5) is 5.13 Å². The molecule has 0 atom stereocenters. The predicted octanol–water partition coefficient (Wildman–Crippen LogP) is 2.92. The van der Waals surface area contributed by atoms with Gasteiger partial charge in [0.25, 0.3) is 0 Å². The Hall–Kier alpha value is -2.47. The van der Waals surface area contributed by atoms with Crippen molar-refractivity contribution in [2.24, 2.45) is 0 Å². The topological polar surface area (TPSA) is 82.0 Å². The lowest BCUT2D eigenvalue weighted by atomic mass is 10.1. The summed E-state index contributed by atoms with van der Waals surface area (Å²) in [6.45, 7) is 1.87. The lowest BCUT2D eigenvalue weighted by Gasteiger charge is -2.00. The molecule has 0 spiro atoms. The van der Waals surface area contributed by atoms with Crippen molar-refractivity contribution in [1.82, 2.24) is 9.97 Å². The van der Waals surface area contributed by atoms with Crippen LogP contribution in [-0.4, -0.2) is 15.8 Å². The molecule has 3 rings (SSSR count). The fraction of sp³-hybridized carbons (Fsp3) is 0.0714. The Labute approximate surface area is 119 Å². The van der Waals surface area contributed by atoms with Crippen molar-refractivity contribution in [2.45, 2.75) is 6.92 Å². The number of thiazole rings is 1. The first-order chi connectivity index (χ1) is 9.65. The Morgan fingerprint density at radius 1 is 1.35 bits per heavy atom. The molecule has 0 saturated heterocycles. The summed E-state index contributed by atoms with van der Waals surface area (Å²) < 4.78 is 5.30. The van der Waals surface area contributed by atoms with Gasteiger partial charge in [0.15, 0.2) is 10.9 Å². The Bertz CT molecular complexity index is 745. The second kappa shape index (κ2) is 4.90. The monoisotopic (exact) mass is 285 g/mol. The van der Waals surface area contributed by atoms with Gasteiger partial charge in [-0.3, -0.25) is 9.78 Å². The molecule has 0 amide bonds. The van der Waals surface area contributed by atoms with E-state index in [-0.39, 0.29) is 5.78 Å². The average molecular weight is 285 g/mol. The van der Waals surface area contributed by atoms with Gasteiger partial charge in [-0.05, 0) is 31.2 Å². The van der Waals surface area contributed by atoms with Crippen molar-refractivity contribution in [3.63, 3.8) is 0 Å². The molecule has 0 aromatic carbocycles. The number of carbonyl (C=O) groups is 1. The molecule has 0 radical (unpaired) electrons. The van der Waals surface area contributed by atoms with E-state index in [1.807, 2.05) is 6.92 Å². The van der Waals surface area contributed by atoms with Gasteiger partial charge >= 0.3 is 0 Å². The molecule has 0 saturated carbocycles. The Morgan fingerprint density at radius 3 is 2.85 bits per heavy atom. The highest BCUT2D eigenvalue weighted by molar-refractivity contribution is 7.18. The second-order valence-corrected chi connectivity index (χ2v) is 5.26. The molecule has 2 N–H and O–H groups in total. The number of pyridine rings is 1. The Balaban J connectivity index is 2.06. The largest absolute Gasteiger partial charge is 0.463 e. The van der Waals surface area contributed by atoms with Crippen LogP contribution in [0.2, 0.25) is 0 Å². The molecule has 0 aliphatic rings. The molecule has 0 aliphatic carbocycles. The van der Waals surface area contributed by atoms with Gasteiger partial charge in [0.2, 0.25) is 5.78 Å². The Morgan fingerprint density at radius 2 is 2.20 bits per heavy atom. The summed E-state index contributed by atoms with van der Waals surface area (Å²) >= 11 is 1.15. The smallest absolute Gasteiger partial charge is 0.206 e. The summed E-state index contributed by atoms with van der Waals surface area (Å²) in [5, 5.41) is 0.333. The maximum absolute atomic E-state index is 12.5. The number of carbonyl (C=O) groups excluding carboxylic acids is 1. The minimum absolute atomic E-state index is 0.155. The van der Waals surface area contributed by atoms with Crippen LogP contribution in [0.25, 0.3) is 11.5 Å². The van der Waals surface area contributed by atoms with Gasteiger partial charge in [-0.25, -0.2) is 4.98 Å². The summed E-state index contributed by atoms with van der Waals surface area (Å²) in [5.74, 6) is 0.375. The van der Waals surface area contributed by atoms with E-state index in [1.165, 1.54) is 6.26 Å². The number of ketones is 1. The maximum Gasteiger partial charge on any atom is 0.206 e. The summed E-state index contributed by atoms with van der Waals surface area (Å²) in [7, 11) is 0. The minimum atomic E-state index is -0.155. The molecule has 100 valence electrons. The minimum Gasteiger partial charge on any atom is -0.463 e. The number of hydrogen-bond donors (Lipinski definition) is 1. The molecule has 3 heterocycles. The number of aromatic nitrogens is 2. The third kappa shape index (κ3) is 2.21. The molecule has 0 bridgehead atoms. The SMILES string of the molecule is Cc1ccc(C(=O)c2sc(N)nc2-c2ccco2)cn1. The number of rotatable bonds is 3. The fourth-order valence-electron chi connectivity index (χ4n) is 1.80. The molecule has 6 heteroatoms. The van der Waals surface area contributed by atoms with Crippen LogP contribution in [0.3, 0.4) is 0 Å². The molecule has 3 aromatic heterocycles. The van der Waals surface area contributed by atoms with Crippen LogP contribution >= 0.6 is 11.3 Å². The highest BCUT2D eigenvalue weighted by Gasteiger charge is 2.21. The van der Waals surface area contributed by atoms with Crippen molar-refractivity contribution in [3.8, 4) is 11.5 Å². The van der Waals surface area contributed by atoms with Gasteiger partial charge in [0.1, 0.15) is 10.6 Å². The molecule has 5 nitrogen and oxygen atoms in total.